The molecule has 0 amide bonds. The van der Waals surface area contributed by atoms with E-state index in [1.807, 2.05) is 6.07 Å². The Labute approximate surface area is 121 Å². The fourth-order valence-corrected chi connectivity index (χ4v) is 2.90. The fraction of sp³-hybridized carbons (Fsp3) is 0.625. The summed E-state index contributed by atoms with van der Waals surface area (Å²) in [6.07, 6.45) is -0.778. The third-order valence-electron chi connectivity index (χ3n) is 3.78. The summed E-state index contributed by atoms with van der Waals surface area (Å²) < 4.78 is 13.9. The zero-order valence-corrected chi connectivity index (χ0v) is 12.6. The van der Waals surface area contributed by atoms with Crippen molar-refractivity contribution in [3.63, 3.8) is 0 Å². The minimum Gasteiger partial charge on any atom is -0.389 e. The van der Waals surface area contributed by atoms with Crippen LogP contribution in [0.3, 0.4) is 0 Å². The van der Waals surface area contributed by atoms with Crippen molar-refractivity contribution in [2.45, 2.75) is 26.9 Å². The highest BCUT2D eigenvalue weighted by atomic mass is 19.1. The van der Waals surface area contributed by atoms with Crippen LogP contribution in [-0.4, -0.2) is 42.7 Å². The van der Waals surface area contributed by atoms with Gasteiger partial charge < -0.3 is 10.0 Å². The van der Waals surface area contributed by atoms with E-state index >= 15 is 0 Å². The molecule has 1 fully saturated rings. The van der Waals surface area contributed by atoms with Gasteiger partial charge in [0.25, 0.3) is 0 Å². The van der Waals surface area contributed by atoms with E-state index in [2.05, 4.69) is 23.6 Å². The first-order valence-corrected chi connectivity index (χ1v) is 7.42. The third-order valence-corrected chi connectivity index (χ3v) is 3.78. The minimum atomic E-state index is -0.778. The van der Waals surface area contributed by atoms with Crippen molar-refractivity contribution in [3.05, 3.63) is 29.6 Å². The molecule has 1 aromatic carbocycles. The van der Waals surface area contributed by atoms with Gasteiger partial charge in [-0.05, 0) is 25.0 Å². The molecule has 4 heteroatoms. The summed E-state index contributed by atoms with van der Waals surface area (Å²) in [5.74, 6) is 0.353. The van der Waals surface area contributed by atoms with Crippen LogP contribution >= 0.6 is 0 Å². The number of halogens is 1. The molecule has 1 aliphatic heterocycles. The van der Waals surface area contributed by atoms with Crippen LogP contribution in [0.15, 0.2) is 18.2 Å². The quantitative estimate of drug-likeness (QED) is 0.918. The van der Waals surface area contributed by atoms with Gasteiger partial charge in [-0.15, -0.1) is 0 Å². The standard InChI is InChI=1S/C16H25FN2O/c1-12(2)11-18-7-9-19(10-8-18)15-6-4-5-14(17)16(15)13(3)20/h4-6,12-13,20H,7-11H2,1-3H3/t13-/m1/s1. The summed E-state index contributed by atoms with van der Waals surface area (Å²) >= 11 is 0. The van der Waals surface area contributed by atoms with Gasteiger partial charge >= 0.3 is 0 Å². The van der Waals surface area contributed by atoms with Crippen molar-refractivity contribution >= 4 is 5.69 Å². The highest BCUT2D eigenvalue weighted by Gasteiger charge is 2.22. The number of benzene rings is 1. The molecule has 1 N–H and O–H groups in total. The van der Waals surface area contributed by atoms with Crippen molar-refractivity contribution in [2.75, 3.05) is 37.6 Å². The largest absolute Gasteiger partial charge is 0.389 e. The third kappa shape index (κ3) is 3.49. The number of hydrogen-bond acceptors (Lipinski definition) is 3. The Morgan fingerprint density at radius 2 is 1.80 bits per heavy atom. The van der Waals surface area contributed by atoms with Crippen LogP contribution in [0.5, 0.6) is 0 Å². The fourth-order valence-electron chi connectivity index (χ4n) is 2.90. The maximum absolute atomic E-state index is 13.9. The van der Waals surface area contributed by atoms with Crippen LogP contribution in [0.25, 0.3) is 0 Å². The lowest BCUT2D eigenvalue weighted by Gasteiger charge is -2.38. The van der Waals surface area contributed by atoms with Gasteiger partial charge in [0, 0.05) is 44.0 Å². The number of rotatable bonds is 4. The van der Waals surface area contributed by atoms with Crippen LogP contribution in [0.2, 0.25) is 0 Å². The van der Waals surface area contributed by atoms with Crippen LogP contribution < -0.4 is 4.90 Å². The Hall–Kier alpha value is -1.13. The lowest BCUT2D eigenvalue weighted by Crippen LogP contribution is -2.47. The monoisotopic (exact) mass is 280 g/mol. The molecule has 0 radical (unpaired) electrons. The number of anilines is 1. The van der Waals surface area contributed by atoms with E-state index in [4.69, 9.17) is 0 Å². The van der Waals surface area contributed by atoms with Crippen molar-refractivity contribution in [1.29, 1.82) is 0 Å². The first-order valence-electron chi connectivity index (χ1n) is 7.42. The Kier molecular flexibility index (Phi) is 5.00. The second-order valence-electron chi connectivity index (χ2n) is 6.03. The van der Waals surface area contributed by atoms with Gasteiger partial charge in [0.15, 0.2) is 0 Å². The zero-order chi connectivity index (χ0) is 14.7. The van der Waals surface area contributed by atoms with E-state index < -0.39 is 6.10 Å². The molecule has 0 aromatic heterocycles. The van der Waals surface area contributed by atoms with E-state index in [1.165, 1.54) is 6.07 Å². The molecule has 112 valence electrons. The molecular weight excluding hydrogens is 255 g/mol. The van der Waals surface area contributed by atoms with Crippen LogP contribution in [0.4, 0.5) is 10.1 Å². The van der Waals surface area contributed by atoms with Crippen molar-refractivity contribution < 1.29 is 9.50 Å². The van der Waals surface area contributed by atoms with E-state index in [0.717, 1.165) is 38.4 Å². The van der Waals surface area contributed by atoms with Gasteiger partial charge in [0.2, 0.25) is 0 Å². The zero-order valence-electron chi connectivity index (χ0n) is 12.6. The maximum atomic E-state index is 13.9. The van der Waals surface area contributed by atoms with Crippen LogP contribution in [0.1, 0.15) is 32.4 Å². The SMILES string of the molecule is CC(C)CN1CCN(c2cccc(F)c2[C@@H](C)O)CC1. The highest BCUT2D eigenvalue weighted by Crippen LogP contribution is 2.29. The number of aliphatic hydroxyl groups excluding tert-OH is 1. The molecule has 1 heterocycles. The topological polar surface area (TPSA) is 26.7 Å². The summed E-state index contributed by atoms with van der Waals surface area (Å²) in [6.45, 7) is 10.9. The molecule has 1 saturated heterocycles. The Morgan fingerprint density at radius 1 is 1.15 bits per heavy atom. The molecule has 0 unspecified atom stereocenters. The number of aliphatic hydroxyl groups is 1. The first kappa shape index (κ1) is 15.3. The molecule has 0 aliphatic carbocycles. The Morgan fingerprint density at radius 3 is 2.35 bits per heavy atom. The number of hydrogen-bond donors (Lipinski definition) is 1. The normalized spacial score (nSPS) is 18.6. The second kappa shape index (κ2) is 6.55. The van der Waals surface area contributed by atoms with Crippen LogP contribution in [-0.2, 0) is 0 Å². The summed E-state index contributed by atoms with van der Waals surface area (Å²) in [6, 6.07) is 5.04. The smallest absolute Gasteiger partial charge is 0.131 e. The molecule has 3 nitrogen and oxygen atoms in total. The van der Waals surface area contributed by atoms with Gasteiger partial charge in [-0.2, -0.15) is 0 Å². The summed E-state index contributed by atoms with van der Waals surface area (Å²) in [5, 5.41) is 9.81. The average molecular weight is 280 g/mol. The minimum absolute atomic E-state index is 0.317. The van der Waals surface area contributed by atoms with Gasteiger partial charge in [0.1, 0.15) is 5.82 Å². The van der Waals surface area contributed by atoms with Crippen LogP contribution in [0, 0.1) is 11.7 Å². The summed E-state index contributed by atoms with van der Waals surface area (Å²) in [4.78, 5) is 4.63. The average Bonchev–Trinajstić information content (AvgIpc) is 2.38. The molecule has 1 aliphatic rings. The van der Waals surface area contributed by atoms with Gasteiger partial charge in [-0.3, -0.25) is 4.90 Å². The predicted molar refractivity (Wildman–Crippen MR) is 80.5 cm³/mol. The van der Waals surface area contributed by atoms with E-state index in [0.29, 0.717) is 11.5 Å². The Balaban J connectivity index is 2.09. The summed E-state index contributed by atoms with van der Waals surface area (Å²) in [7, 11) is 0. The Bertz CT molecular complexity index is 440. The molecule has 1 atom stereocenters. The highest BCUT2D eigenvalue weighted by molar-refractivity contribution is 5.55. The van der Waals surface area contributed by atoms with Crippen molar-refractivity contribution in [3.8, 4) is 0 Å². The van der Waals surface area contributed by atoms with E-state index in [-0.39, 0.29) is 5.82 Å². The predicted octanol–water partition coefficient (Wildman–Crippen LogP) is 2.66. The molecular formula is C16H25FN2O. The van der Waals surface area contributed by atoms with Gasteiger partial charge in [0.05, 0.1) is 6.10 Å². The van der Waals surface area contributed by atoms with E-state index in [1.54, 1.807) is 13.0 Å². The molecule has 1 aromatic rings. The maximum Gasteiger partial charge on any atom is 0.131 e. The first-order chi connectivity index (χ1) is 9.49. The lowest BCUT2D eigenvalue weighted by molar-refractivity contribution is 0.193. The van der Waals surface area contributed by atoms with Gasteiger partial charge in [-0.25, -0.2) is 4.39 Å². The van der Waals surface area contributed by atoms with Gasteiger partial charge in [-0.1, -0.05) is 19.9 Å². The number of piperazine rings is 1. The van der Waals surface area contributed by atoms with Crippen molar-refractivity contribution in [2.24, 2.45) is 5.92 Å². The molecule has 20 heavy (non-hydrogen) atoms. The molecule has 0 bridgehead atoms. The number of nitrogens with zero attached hydrogens (tertiary/aromatic N) is 2. The lowest BCUT2D eigenvalue weighted by atomic mass is 10.1. The summed E-state index contributed by atoms with van der Waals surface area (Å²) in [5.41, 5.74) is 1.26. The molecule has 0 spiro atoms. The molecule has 0 saturated carbocycles. The van der Waals surface area contributed by atoms with E-state index in [9.17, 15) is 9.50 Å². The van der Waals surface area contributed by atoms with Crippen molar-refractivity contribution in [1.82, 2.24) is 4.90 Å². The molecule has 2 rings (SSSR count). The second-order valence-corrected chi connectivity index (χ2v) is 6.03.